The fraction of sp³-hybridized carbons (Fsp3) is 0. The average molecular weight is 364 g/mol. The molecule has 0 amide bonds. The molecular formula is C12H6BrClF2N2O2. The molecule has 0 aliphatic carbocycles. The highest BCUT2D eigenvalue weighted by Gasteiger charge is 2.14. The van der Waals surface area contributed by atoms with Gasteiger partial charge in [-0.15, -0.1) is 0 Å². The number of rotatable bonds is 3. The van der Waals surface area contributed by atoms with Gasteiger partial charge >= 0.3 is 5.97 Å². The molecule has 0 radical (unpaired) electrons. The number of hydrogen-bond donors (Lipinski definition) is 2. The van der Waals surface area contributed by atoms with E-state index in [0.717, 1.165) is 24.4 Å². The molecule has 0 spiro atoms. The molecule has 0 saturated heterocycles. The van der Waals surface area contributed by atoms with Crippen LogP contribution in [0.4, 0.5) is 20.3 Å². The van der Waals surface area contributed by atoms with Crippen LogP contribution in [0.1, 0.15) is 10.4 Å². The van der Waals surface area contributed by atoms with E-state index >= 15 is 0 Å². The Morgan fingerprint density at radius 3 is 2.40 bits per heavy atom. The Labute approximate surface area is 125 Å². The molecule has 2 rings (SSSR count). The van der Waals surface area contributed by atoms with Crippen molar-refractivity contribution in [3.63, 3.8) is 0 Å². The van der Waals surface area contributed by atoms with Gasteiger partial charge < -0.3 is 10.4 Å². The topological polar surface area (TPSA) is 62.2 Å². The van der Waals surface area contributed by atoms with Gasteiger partial charge in [-0.05, 0) is 18.2 Å². The zero-order valence-electron chi connectivity index (χ0n) is 9.62. The van der Waals surface area contributed by atoms with Crippen LogP contribution < -0.4 is 5.32 Å². The number of carboxylic acids is 1. The van der Waals surface area contributed by atoms with Crippen LogP contribution in [0.25, 0.3) is 0 Å². The second-order valence-electron chi connectivity index (χ2n) is 3.73. The molecule has 1 aromatic carbocycles. The van der Waals surface area contributed by atoms with Crippen LogP contribution in [0.15, 0.2) is 28.9 Å². The van der Waals surface area contributed by atoms with Gasteiger partial charge in [-0.2, -0.15) is 0 Å². The van der Waals surface area contributed by atoms with Crippen molar-refractivity contribution in [2.24, 2.45) is 0 Å². The molecule has 4 nitrogen and oxygen atoms in total. The van der Waals surface area contributed by atoms with Crippen molar-refractivity contribution in [2.45, 2.75) is 0 Å². The Morgan fingerprint density at radius 2 is 1.90 bits per heavy atom. The third-order valence-corrected chi connectivity index (χ3v) is 3.08. The Hall–Kier alpha value is -1.73. The van der Waals surface area contributed by atoms with Gasteiger partial charge in [0.25, 0.3) is 0 Å². The predicted octanol–water partition coefficient (Wildman–Crippen LogP) is 4.22. The molecule has 0 atom stereocenters. The number of carbonyl (C=O) groups is 1. The molecular weight excluding hydrogens is 357 g/mol. The summed E-state index contributed by atoms with van der Waals surface area (Å²) in [4.78, 5) is 14.5. The number of anilines is 2. The van der Waals surface area contributed by atoms with Crippen LogP contribution in [0.5, 0.6) is 0 Å². The summed E-state index contributed by atoms with van der Waals surface area (Å²) in [6.07, 6.45) is 1.03. The summed E-state index contributed by atoms with van der Waals surface area (Å²) >= 11 is 8.77. The van der Waals surface area contributed by atoms with E-state index in [0.29, 0.717) is 0 Å². The second-order valence-corrected chi connectivity index (χ2v) is 5.05. The van der Waals surface area contributed by atoms with E-state index in [-0.39, 0.29) is 20.9 Å². The maximum Gasteiger partial charge on any atom is 0.337 e. The third kappa shape index (κ3) is 3.05. The fourth-order valence-electron chi connectivity index (χ4n) is 1.43. The van der Waals surface area contributed by atoms with Crippen molar-refractivity contribution in [1.82, 2.24) is 4.98 Å². The van der Waals surface area contributed by atoms with Crippen LogP contribution in [0.3, 0.4) is 0 Å². The number of nitrogens with zero attached hydrogens (tertiary/aromatic N) is 1. The summed E-state index contributed by atoms with van der Waals surface area (Å²) in [5, 5.41) is 11.1. The smallest absolute Gasteiger partial charge is 0.337 e. The van der Waals surface area contributed by atoms with E-state index in [9.17, 15) is 13.6 Å². The SMILES string of the molecule is O=C(O)c1cnc(Nc2c(F)cc(Br)cc2F)c(Cl)c1. The molecule has 8 heteroatoms. The molecule has 0 bridgehead atoms. The van der Waals surface area contributed by atoms with E-state index in [4.69, 9.17) is 16.7 Å². The molecule has 104 valence electrons. The van der Waals surface area contributed by atoms with Crippen molar-refractivity contribution < 1.29 is 18.7 Å². The number of benzene rings is 1. The first-order valence-electron chi connectivity index (χ1n) is 5.19. The zero-order valence-corrected chi connectivity index (χ0v) is 12.0. The highest BCUT2D eigenvalue weighted by Crippen LogP contribution is 2.29. The number of carboxylic acid groups (broad SMARTS) is 1. The van der Waals surface area contributed by atoms with Crippen molar-refractivity contribution >= 4 is 45.0 Å². The number of halogens is 4. The molecule has 0 fully saturated rings. The third-order valence-electron chi connectivity index (χ3n) is 2.34. The van der Waals surface area contributed by atoms with Gasteiger partial charge in [0.1, 0.15) is 11.5 Å². The van der Waals surface area contributed by atoms with Crippen LogP contribution in [-0.2, 0) is 0 Å². The van der Waals surface area contributed by atoms with E-state index < -0.39 is 23.3 Å². The molecule has 0 aliphatic heterocycles. The van der Waals surface area contributed by atoms with Gasteiger partial charge in [-0.3, -0.25) is 0 Å². The van der Waals surface area contributed by atoms with Crippen molar-refractivity contribution in [2.75, 3.05) is 5.32 Å². The minimum atomic E-state index is -1.20. The largest absolute Gasteiger partial charge is 0.478 e. The molecule has 2 aromatic rings. The minimum absolute atomic E-state index is 0.0446. The Bertz CT molecular complexity index is 674. The number of aromatic carboxylic acids is 1. The van der Waals surface area contributed by atoms with Crippen LogP contribution >= 0.6 is 27.5 Å². The summed E-state index contributed by atoms with van der Waals surface area (Å²) in [5.74, 6) is -2.92. The van der Waals surface area contributed by atoms with E-state index in [2.05, 4.69) is 26.2 Å². The van der Waals surface area contributed by atoms with E-state index in [1.165, 1.54) is 0 Å². The molecule has 0 unspecified atom stereocenters. The van der Waals surface area contributed by atoms with Crippen molar-refractivity contribution in [3.05, 3.63) is 51.1 Å². The molecule has 0 saturated carbocycles. The second kappa shape index (κ2) is 5.72. The zero-order chi connectivity index (χ0) is 14.9. The molecule has 0 aliphatic rings. The number of hydrogen-bond acceptors (Lipinski definition) is 3. The molecule has 1 heterocycles. The lowest BCUT2D eigenvalue weighted by Crippen LogP contribution is -2.03. The van der Waals surface area contributed by atoms with Gasteiger partial charge in [0.05, 0.1) is 10.6 Å². The minimum Gasteiger partial charge on any atom is -0.478 e. The summed E-state index contributed by atoms with van der Waals surface area (Å²) in [6.45, 7) is 0. The van der Waals surface area contributed by atoms with Crippen molar-refractivity contribution in [1.29, 1.82) is 0 Å². The van der Waals surface area contributed by atoms with Gasteiger partial charge in [-0.1, -0.05) is 27.5 Å². The first-order valence-corrected chi connectivity index (χ1v) is 6.36. The summed E-state index contributed by atoms with van der Waals surface area (Å²) in [7, 11) is 0. The maximum absolute atomic E-state index is 13.6. The van der Waals surface area contributed by atoms with Crippen LogP contribution in [0, 0.1) is 11.6 Å². The van der Waals surface area contributed by atoms with Crippen molar-refractivity contribution in [3.8, 4) is 0 Å². The maximum atomic E-state index is 13.6. The standard InChI is InChI=1S/C12H6BrClF2N2O2/c13-6-2-8(15)10(9(16)3-6)18-11-7(14)1-5(4-17-11)12(19)20/h1-4H,(H,17,18)(H,19,20). The molecule has 1 aromatic heterocycles. The van der Waals surface area contributed by atoms with Crippen LogP contribution in [0.2, 0.25) is 5.02 Å². The first-order chi connectivity index (χ1) is 9.38. The Morgan fingerprint density at radius 1 is 1.30 bits per heavy atom. The lowest BCUT2D eigenvalue weighted by atomic mass is 10.2. The summed E-state index contributed by atoms with van der Waals surface area (Å²) in [6, 6.07) is 3.28. The quantitative estimate of drug-likeness (QED) is 0.857. The lowest BCUT2D eigenvalue weighted by molar-refractivity contribution is 0.0696. The monoisotopic (exact) mass is 362 g/mol. The molecule has 2 N–H and O–H groups in total. The normalized spacial score (nSPS) is 10.4. The van der Waals surface area contributed by atoms with Gasteiger partial charge in [0.15, 0.2) is 11.6 Å². The summed E-state index contributed by atoms with van der Waals surface area (Å²) < 4.78 is 27.5. The highest BCUT2D eigenvalue weighted by molar-refractivity contribution is 9.10. The van der Waals surface area contributed by atoms with E-state index in [1.54, 1.807) is 0 Å². The average Bonchev–Trinajstić information content (AvgIpc) is 2.34. The van der Waals surface area contributed by atoms with E-state index in [1.807, 2.05) is 0 Å². The van der Waals surface area contributed by atoms with Gasteiger partial charge in [-0.25, -0.2) is 18.6 Å². The van der Waals surface area contributed by atoms with Crippen LogP contribution in [-0.4, -0.2) is 16.1 Å². The Kier molecular flexibility index (Phi) is 4.20. The molecule has 20 heavy (non-hydrogen) atoms. The number of pyridine rings is 1. The lowest BCUT2D eigenvalue weighted by Gasteiger charge is -2.10. The predicted molar refractivity (Wildman–Crippen MR) is 73.5 cm³/mol. The Balaban J connectivity index is 2.38. The summed E-state index contributed by atoms with van der Waals surface area (Å²) in [5.41, 5.74) is -0.553. The number of nitrogens with one attached hydrogen (secondary N) is 1. The number of aromatic nitrogens is 1. The van der Waals surface area contributed by atoms with Gasteiger partial charge in [0.2, 0.25) is 0 Å². The first kappa shape index (κ1) is 14.7. The fourth-order valence-corrected chi connectivity index (χ4v) is 2.04. The van der Waals surface area contributed by atoms with Gasteiger partial charge in [0, 0.05) is 10.7 Å². The highest BCUT2D eigenvalue weighted by atomic mass is 79.9.